The number of carbonyl (C=O) groups excluding carboxylic acids is 2. The van der Waals surface area contributed by atoms with Gasteiger partial charge in [0.2, 0.25) is 21.9 Å². The zero-order chi connectivity index (χ0) is 36.7. The lowest BCUT2D eigenvalue weighted by molar-refractivity contribution is -0.120. The second kappa shape index (κ2) is 14.8. The number of benzene rings is 2. The Labute approximate surface area is 314 Å². The van der Waals surface area contributed by atoms with Crippen molar-refractivity contribution >= 4 is 61.9 Å². The number of rotatable bonds is 9. The minimum Gasteiger partial charge on any atom is -0.371 e. The second-order valence-electron chi connectivity index (χ2n) is 14.7. The van der Waals surface area contributed by atoms with Gasteiger partial charge in [0.25, 0.3) is 0 Å². The van der Waals surface area contributed by atoms with Crippen LogP contribution in [-0.4, -0.2) is 108 Å². The van der Waals surface area contributed by atoms with Crippen molar-refractivity contribution in [1.29, 1.82) is 0 Å². The monoisotopic (exact) mass is 760 g/mol. The van der Waals surface area contributed by atoms with Gasteiger partial charge in [-0.05, 0) is 92.9 Å². The zero-order valence-electron chi connectivity index (χ0n) is 29.8. The van der Waals surface area contributed by atoms with Crippen molar-refractivity contribution in [1.82, 2.24) is 34.3 Å². The van der Waals surface area contributed by atoms with E-state index in [1.165, 1.54) is 5.56 Å². The summed E-state index contributed by atoms with van der Waals surface area (Å²) in [4.78, 5) is 39.4. The van der Waals surface area contributed by atoms with E-state index in [9.17, 15) is 18.0 Å². The maximum atomic E-state index is 13.7. The van der Waals surface area contributed by atoms with Crippen LogP contribution in [0.25, 0.3) is 10.9 Å². The van der Waals surface area contributed by atoms with Crippen molar-refractivity contribution in [3.63, 3.8) is 0 Å². The van der Waals surface area contributed by atoms with Crippen LogP contribution in [0.5, 0.6) is 0 Å². The molecule has 4 aromatic rings. The highest BCUT2D eigenvalue weighted by atomic mass is 35.5. The number of nitrogens with zero attached hydrogens (tertiary/aromatic N) is 8. The predicted octanol–water partition coefficient (Wildman–Crippen LogP) is 4.43. The molecule has 0 bridgehead atoms. The van der Waals surface area contributed by atoms with E-state index in [1.807, 2.05) is 29.9 Å². The highest BCUT2D eigenvalue weighted by molar-refractivity contribution is 7.89. The molecule has 16 heteroatoms. The number of halogens is 1. The molecule has 2 aromatic heterocycles. The summed E-state index contributed by atoms with van der Waals surface area (Å²) >= 11 is 5.89. The molecule has 14 nitrogen and oxygen atoms in total. The third-order valence-corrected chi connectivity index (χ3v) is 13.3. The van der Waals surface area contributed by atoms with Crippen molar-refractivity contribution in [3.8, 4) is 0 Å². The molecule has 1 atom stereocenters. The number of likely N-dealkylation sites (tertiary alicyclic amines) is 1. The number of urea groups is 1. The maximum absolute atomic E-state index is 13.7. The Bertz CT molecular complexity index is 2100. The summed E-state index contributed by atoms with van der Waals surface area (Å²) in [7, 11) is -1.72. The lowest BCUT2D eigenvalue weighted by Gasteiger charge is -2.34. The van der Waals surface area contributed by atoms with Crippen molar-refractivity contribution in [2.45, 2.75) is 55.4 Å². The lowest BCUT2D eigenvalue weighted by atomic mass is 9.88. The molecule has 2 aromatic carbocycles. The summed E-state index contributed by atoms with van der Waals surface area (Å²) in [5, 5.41) is 11.7. The van der Waals surface area contributed by atoms with Crippen LogP contribution < -0.4 is 20.4 Å². The van der Waals surface area contributed by atoms with Crippen molar-refractivity contribution in [2.75, 3.05) is 67.5 Å². The number of aromatic nitrogens is 4. The Morgan fingerprint density at radius 1 is 0.925 bits per heavy atom. The quantitative estimate of drug-likeness (QED) is 0.251. The first-order valence-corrected chi connectivity index (χ1v) is 20.3. The van der Waals surface area contributed by atoms with Gasteiger partial charge in [0.15, 0.2) is 5.82 Å². The highest BCUT2D eigenvalue weighted by Gasteiger charge is 2.33. The fraction of sp³-hybridized carbons (Fsp3) is 0.486. The molecule has 0 spiro atoms. The SMILES string of the molecule is Cn1nc(N2CCC(=O)NC2=O)c2ccc(C3CCN(C[C@H]4CCN(c5cccc(S(=O)(=O)N6CCC(Nc7ncc(Cl)cn7)CC6)c5)C4)CC3)cc21. The van der Waals surface area contributed by atoms with Crippen LogP contribution in [0.15, 0.2) is 59.8 Å². The molecule has 3 amide bonds. The van der Waals surface area contributed by atoms with Crippen molar-refractivity contribution in [2.24, 2.45) is 13.0 Å². The largest absolute Gasteiger partial charge is 0.371 e. The van der Waals surface area contributed by atoms with Gasteiger partial charge in [0.05, 0.1) is 27.8 Å². The van der Waals surface area contributed by atoms with Gasteiger partial charge >= 0.3 is 6.03 Å². The summed E-state index contributed by atoms with van der Waals surface area (Å²) in [5.74, 6) is 1.81. The Morgan fingerprint density at radius 2 is 1.70 bits per heavy atom. The number of sulfonamides is 1. The molecule has 0 aliphatic carbocycles. The van der Waals surface area contributed by atoms with E-state index < -0.39 is 16.1 Å². The number of nitrogens with one attached hydrogen (secondary N) is 2. The van der Waals surface area contributed by atoms with Gasteiger partial charge in [-0.1, -0.05) is 23.7 Å². The first-order chi connectivity index (χ1) is 25.6. The number of imide groups is 1. The van der Waals surface area contributed by atoms with E-state index in [1.54, 1.807) is 27.7 Å². The Morgan fingerprint density at radius 3 is 2.45 bits per heavy atom. The van der Waals surface area contributed by atoms with Gasteiger partial charge < -0.3 is 15.1 Å². The van der Waals surface area contributed by atoms with Crippen LogP contribution in [0.3, 0.4) is 0 Å². The fourth-order valence-electron chi connectivity index (χ4n) is 8.30. The predicted molar refractivity (Wildman–Crippen MR) is 204 cm³/mol. The molecular formula is C37H45ClN10O4S. The molecule has 4 saturated heterocycles. The molecule has 8 rings (SSSR count). The second-order valence-corrected chi connectivity index (χ2v) is 17.1. The normalized spacial score (nSPS) is 21.4. The van der Waals surface area contributed by atoms with Gasteiger partial charge in [0.1, 0.15) is 0 Å². The summed E-state index contributed by atoms with van der Waals surface area (Å²) < 4.78 is 30.8. The first kappa shape index (κ1) is 35.7. The van der Waals surface area contributed by atoms with Crippen LogP contribution in [0, 0.1) is 5.92 Å². The first-order valence-electron chi connectivity index (χ1n) is 18.5. The molecular weight excluding hydrogens is 716 g/mol. The number of aryl methyl sites for hydroxylation is 1. The summed E-state index contributed by atoms with van der Waals surface area (Å²) in [6, 6.07) is 13.6. The lowest BCUT2D eigenvalue weighted by Crippen LogP contribution is -2.49. The fourth-order valence-corrected chi connectivity index (χ4v) is 9.91. The molecule has 6 heterocycles. The van der Waals surface area contributed by atoms with E-state index in [4.69, 9.17) is 11.6 Å². The van der Waals surface area contributed by atoms with Crippen LogP contribution in [0.1, 0.15) is 50.0 Å². The van der Waals surface area contributed by atoms with Gasteiger partial charge in [-0.25, -0.2) is 23.2 Å². The standard InChI is InChI=1S/C37H45ClN10O4S/c1-44-33-19-27(5-6-32(33)35(43-44)48-18-12-34(49)42-37(48)50)26-8-13-45(14-9-26)23-25-7-15-46(24-25)30-3-2-4-31(20-30)53(51,52)47-16-10-29(11-17-47)41-36-39-21-28(38)22-40-36/h2-6,19-22,25-26,29H,7-18,23-24H2,1H3,(H,39,40,41)(H,42,49,50)/t25-/m1/s1. The summed E-state index contributed by atoms with van der Waals surface area (Å²) in [6.45, 7) is 6.12. The molecule has 0 unspecified atom stereocenters. The Hall–Kier alpha value is -4.31. The molecule has 4 fully saturated rings. The minimum atomic E-state index is -3.62. The number of anilines is 3. The van der Waals surface area contributed by atoms with Crippen LogP contribution in [-0.2, 0) is 21.9 Å². The summed E-state index contributed by atoms with van der Waals surface area (Å²) in [5.41, 5.74) is 3.24. The van der Waals surface area contributed by atoms with E-state index in [0.29, 0.717) is 66.0 Å². The third-order valence-electron chi connectivity index (χ3n) is 11.3. The van der Waals surface area contributed by atoms with Gasteiger partial charge in [-0.3, -0.25) is 19.7 Å². The van der Waals surface area contributed by atoms with E-state index in [-0.39, 0.29) is 18.4 Å². The van der Waals surface area contributed by atoms with Crippen LogP contribution in [0.2, 0.25) is 5.02 Å². The molecule has 0 saturated carbocycles. The van der Waals surface area contributed by atoms with E-state index in [2.05, 4.69) is 53.7 Å². The topological polar surface area (TPSA) is 149 Å². The van der Waals surface area contributed by atoms with Crippen molar-refractivity contribution < 1.29 is 18.0 Å². The maximum Gasteiger partial charge on any atom is 0.329 e. The molecule has 280 valence electrons. The van der Waals surface area contributed by atoms with E-state index >= 15 is 0 Å². The van der Waals surface area contributed by atoms with Crippen LogP contribution in [0.4, 0.5) is 22.2 Å². The third kappa shape index (κ3) is 7.57. The smallest absolute Gasteiger partial charge is 0.329 e. The zero-order valence-corrected chi connectivity index (χ0v) is 31.4. The number of hydrogen-bond acceptors (Lipinski definition) is 10. The van der Waals surface area contributed by atoms with Crippen LogP contribution >= 0.6 is 11.6 Å². The molecule has 2 N–H and O–H groups in total. The molecule has 4 aliphatic rings. The molecule has 53 heavy (non-hydrogen) atoms. The highest BCUT2D eigenvalue weighted by Crippen LogP contribution is 2.35. The summed E-state index contributed by atoms with van der Waals surface area (Å²) in [6.07, 6.45) is 7.92. The van der Waals surface area contributed by atoms with Gasteiger partial charge in [0, 0.05) is 69.9 Å². The number of amides is 3. The molecule has 4 aliphatic heterocycles. The number of piperidine rings is 2. The minimum absolute atomic E-state index is 0.0953. The van der Waals surface area contributed by atoms with E-state index in [0.717, 1.165) is 68.6 Å². The van der Waals surface area contributed by atoms with Crippen molar-refractivity contribution in [3.05, 3.63) is 65.4 Å². The average molecular weight is 761 g/mol. The number of fused-ring (bicyclic) bond motifs is 1. The molecule has 0 radical (unpaired) electrons. The number of carbonyl (C=O) groups is 2. The Kier molecular flexibility index (Phi) is 10.00. The average Bonchev–Trinajstić information content (AvgIpc) is 3.77. The number of hydrogen-bond donors (Lipinski definition) is 2. The van der Waals surface area contributed by atoms with Gasteiger partial charge in [-0.2, -0.15) is 9.40 Å². The van der Waals surface area contributed by atoms with Gasteiger partial charge in [-0.15, -0.1) is 0 Å². The Balaban J connectivity index is 0.830.